The second kappa shape index (κ2) is 3.36. The standard InChI is InChI=1S/C5H8N2O2S2/c1-2-3-4(8)7(11-10)5(9)6-3/h3,10H,2H2,1H3,(H,6,9). The Morgan fingerprint density at radius 1 is 1.73 bits per heavy atom. The summed E-state index contributed by atoms with van der Waals surface area (Å²) in [6.07, 6.45) is 0.620. The molecule has 0 radical (unpaired) electrons. The van der Waals surface area contributed by atoms with E-state index in [1.54, 1.807) is 0 Å². The molecule has 1 unspecified atom stereocenters. The number of nitrogens with zero attached hydrogens (tertiary/aromatic N) is 1. The predicted octanol–water partition coefficient (Wildman–Crippen LogP) is 0.810. The maximum absolute atomic E-state index is 11.2. The number of hydrogen-bond acceptors (Lipinski definition) is 4. The fourth-order valence-corrected chi connectivity index (χ4v) is 1.66. The summed E-state index contributed by atoms with van der Waals surface area (Å²) in [5.74, 6) is -0.211. The van der Waals surface area contributed by atoms with Gasteiger partial charge in [-0.3, -0.25) is 4.79 Å². The first-order valence-electron chi connectivity index (χ1n) is 3.16. The van der Waals surface area contributed by atoms with Crippen molar-refractivity contribution in [1.29, 1.82) is 0 Å². The van der Waals surface area contributed by atoms with Gasteiger partial charge in [-0.05, 0) is 6.42 Å². The summed E-state index contributed by atoms with van der Waals surface area (Å²) >= 11 is 3.77. The smallest absolute Gasteiger partial charge is 0.325 e. The average molecular weight is 192 g/mol. The summed E-state index contributed by atoms with van der Waals surface area (Å²) in [7, 11) is 0.834. The predicted molar refractivity (Wildman–Crippen MR) is 46.0 cm³/mol. The van der Waals surface area contributed by atoms with Gasteiger partial charge in [-0.25, -0.2) is 4.79 Å². The zero-order valence-electron chi connectivity index (χ0n) is 5.90. The molecule has 0 aromatic rings. The molecule has 1 rings (SSSR count). The number of rotatable bonds is 2. The first kappa shape index (κ1) is 8.73. The van der Waals surface area contributed by atoms with Crippen LogP contribution in [0.15, 0.2) is 0 Å². The minimum absolute atomic E-state index is 0.211. The van der Waals surface area contributed by atoms with Crippen LogP contribution < -0.4 is 5.32 Å². The lowest BCUT2D eigenvalue weighted by molar-refractivity contribution is -0.123. The zero-order valence-corrected chi connectivity index (χ0v) is 7.61. The number of carbonyl (C=O) groups is 2. The van der Waals surface area contributed by atoms with Gasteiger partial charge in [-0.2, -0.15) is 4.31 Å². The van der Waals surface area contributed by atoms with Crippen molar-refractivity contribution in [3.8, 4) is 0 Å². The zero-order chi connectivity index (χ0) is 8.43. The van der Waals surface area contributed by atoms with E-state index in [0.717, 1.165) is 15.3 Å². The van der Waals surface area contributed by atoms with Gasteiger partial charge in [0.1, 0.15) is 6.04 Å². The summed E-state index contributed by atoms with van der Waals surface area (Å²) in [5, 5.41) is 2.52. The maximum atomic E-state index is 11.2. The van der Waals surface area contributed by atoms with Crippen molar-refractivity contribution in [2.24, 2.45) is 0 Å². The molecule has 1 aliphatic heterocycles. The van der Waals surface area contributed by atoms with Gasteiger partial charge in [0.25, 0.3) is 5.91 Å². The van der Waals surface area contributed by atoms with Crippen molar-refractivity contribution in [3.63, 3.8) is 0 Å². The number of carbonyl (C=O) groups excluding carboxylic acids is 2. The second-order valence-electron chi connectivity index (χ2n) is 2.12. The summed E-state index contributed by atoms with van der Waals surface area (Å²) in [5.41, 5.74) is 0. The van der Waals surface area contributed by atoms with E-state index < -0.39 is 0 Å². The molecule has 4 nitrogen and oxygen atoms in total. The fourth-order valence-electron chi connectivity index (χ4n) is 0.865. The van der Waals surface area contributed by atoms with E-state index in [0.29, 0.717) is 6.42 Å². The van der Waals surface area contributed by atoms with Crippen LogP contribution in [0.5, 0.6) is 0 Å². The van der Waals surface area contributed by atoms with Crippen LogP contribution >= 0.6 is 22.6 Å². The summed E-state index contributed by atoms with van der Waals surface area (Å²) < 4.78 is 1.01. The van der Waals surface area contributed by atoms with Crippen LogP contribution in [0.3, 0.4) is 0 Å². The molecule has 0 bridgehead atoms. The van der Waals surface area contributed by atoms with E-state index in [2.05, 4.69) is 17.0 Å². The molecule has 6 heteroatoms. The van der Waals surface area contributed by atoms with Crippen molar-refractivity contribution in [2.45, 2.75) is 19.4 Å². The molecule has 1 saturated heterocycles. The molecule has 0 aliphatic carbocycles. The summed E-state index contributed by atoms with van der Waals surface area (Å²) in [6.45, 7) is 1.84. The Hall–Kier alpha value is -0.360. The average Bonchev–Trinajstić information content (AvgIpc) is 2.26. The Labute approximate surface area is 73.6 Å². The minimum atomic E-state index is -0.373. The lowest BCUT2D eigenvalue weighted by Crippen LogP contribution is -2.27. The second-order valence-corrected chi connectivity index (χ2v) is 3.14. The van der Waals surface area contributed by atoms with Gasteiger partial charge >= 0.3 is 6.03 Å². The fraction of sp³-hybridized carbons (Fsp3) is 0.600. The van der Waals surface area contributed by atoms with E-state index >= 15 is 0 Å². The molecule has 1 atom stereocenters. The molecule has 1 heterocycles. The van der Waals surface area contributed by atoms with Gasteiger partial charge in [0.05, 0.1) is 0 Å². The molecular formula is C5H8N2O2S2. The quantitative estimate of drug-likeness (QED) is 0.294. The van der Waals surface area contributed by atoms with Crippen molar-refractivity contribution in [3.05, 3.63) is 0 Å². The third kappa shape index (κ3) is 1.46. The van der Waals surface area contributed by atoms with Crippen LogP contribution in [0, 0.1) is 0 Å². The first-order chi connectivity index (χ1) is 5.20. The van der Waals surface area contributed by atoms with Crippen molar-refractivity contribution in [2.75, 3.05) is 0 Å². The molecule has 0 aromatic carbocycles. The first-order valence-corrected chi connectivity index (χ1v) is 4.99. The molecule has 0 saturated carbocycles. The Bertz CT molecular complexity index is 197. The van der Waals surface area contributed by atoms with Crippen molar-refractivity contribution in [1.82, 2.24) is 9.62 Å². The lowest BCUT2D eigenvalue weighted by atomic mass is 10.2. The monoisotopic (exact) mass is 192 g/mol. The van der Waals surface area contributed by atoms with E-state index in [4.69, 9.17) is 0 Å². The highest BCUT2D eigenvalue weighted by Gasteiger charge is 2.36. The van der Waals surface area contributed by atoms with Crippen LogP contribution in [0.2, 0.25) is 0 Å². The number of urea groups is 1. The molecule has 3 amide bonds. The SMILES string of the molecule is CCC1NC(=O)N(SS)C1=O. The van der Waals surface area contributed by atoms with Crippen molar-refractivity contribution >= 4 is 34.6 Å². The van der Waals surface area contributed by atoms with Crippen LogP contribution in [-0.2, 0) is 4.79 Å². The van der Waals surface area contributed by atoms with Crippen LogP contribution in [-0.4, -0.2) is 22.3 Å². The normalized spacial score (nSPS) is 24.2. The summed E-state index contributed by atoms with van der Waals surface area (Å²) in [4.78, 5) is 22.1. The highest BCUT2D eigenvalue weighted by atomic mass is 33.1. The van der Waals surface area contributed by atoms with Crippen LogP contribution in [0.25, 0.3) is 0 Å². The van der Waals surface area contributed by atoms with E-state index in [1.807, 2.05) is 6.92 Å². The number of thiol groups is 1. The van der Waals surface area contributed by atoms with E-state index in [1.165, 1.54) is 0 Å². The molecule has 11 heavy (non-hydrogen) atoms. The van der Waals surface area contributed by atoms with E-state index in [-0.39, 0.29) is 18.0 Å². The lowest BCUT2D eigenvalue weighted by Gasteiger charge is -2.04. The molecule has 1 N–H and O–H groups in total. The number of amides is 3. The maximum Gasteiger partial charge on any atom is 0.335 e. The largest absolute Gasteiger partial charge is 0.335 e. The topological polar surface area (TPSA) is 49.4 Å². The van der Waals surface area contributed by atoms with Gasteiger partial charge < -0.3 is 5.32 Å². The number of hydrogen-bond donors (Lipinski definition) is 2. The molecule has 0 aromatic heterocycles. The number of imide groups is 1. The van der Waals surface area contributed by atoms with E-state index in [9.17, 15) is 9.59 Å². The minimum Gasteiger partial charge on any atom is -0.325 e. The highest BCUT2D eigenvalue weighted by molar-refractivity contribution is 8.67. The molecule has 0 spiro atoms. The van der Waals surface area contributed by atoms with Gasteiger partial charge in [-0.1, -0.05) is 18.6 Å². The van der Waals surface area contributed by atoms with Crippen LogP contribution in [0.4, 0.5) is 4.79 Å². The Morgan fingerprint density at radius 3 is 2.64 bits per heavy atom. The van der Waals surface area contributed by atoms with Gasteiger partial charge in [0.15, 0.2) is 0 Å². The molecular weight excluding hydrogens is 184 g/mol. The molecule has 62 valence electrons. The van der Waals surface area contributed by atoms with Gasteiger partial charge in [-0.15, -0.1) is 0 Å². The summed E-state index contributed by atoms with van der Waals surface area (Å²) in [6, 6.07) is -0.732. The third-order valence-corrected chi connectivity index (χ3v) is 2.47. The third-order valence-electron chi connectivity index (χ3n) is 1.47. The highest BCUT2D eigenvalue weighted by Crippen LogP contribution is 2.20. The molecule has 1 fully saturated rings. The number of nitrogens with one attached hydrogen (secondary N) is 1. The van der Waals surface area contributed by atoms with Gasteiger partial charge in [0, 0.05) is 11.0 Å². The Balaban J connectivity index is 2.71. The van der Waals surface area contributed by atoms with Crippen molar-refractivity contribution < 1.29 is 9.59 Å². The Kier molecular flexibility index (Phi) is 2.67. The van der Waals surface area contributed by atoms with Gasteiger partial charge in [0.2, 0.25) is 0 Å². The van der Waals surface area contributed by atoms with Crippen LogP contribution in [0.1, 0.15) is 13.3 Å². The Morgan fingerprint density at radius 2 is 2.36 bits per heavy atom. The molecule has 1 aliphatic rings.